The number of aliphatic hydroxyl groups is 1. The summed E-state index contributed by atoms with van der Waals surface area (Å²) in [7, 11) is 4.49. The SMILES string of the molecule is COc1cc([C@@H]2C(=C(O)c3ccc4c(c3)C[C@@H](C)O4)C(=O)C(=O)N2Cc2ccccc2)cc(OC)c1OC. The van der Waals surface area contributed by atoms with Gasteiger partial charge in [0.2, 0.25) is 5.75 Å². The number of nitrogens with zero attached hydrogens (tertiary/aromatic N) is 1. The normalized spacial score (nSPS) is 19.7. The Labute approximate surface area is 221 Å². The van der Waals surface area contributed by atoms with Crippen molar-refractivity contribution in [1.82, 2.24) is 4.90 Å². The number of hydrogen-bond donors (Lipinski definition) is 1. The molecule has 0 spiro atoms. The molecule has 3 aromatic carbocycles. The number of rotatable bonds is 7. The standard InChI is InChI=1S/C30H29NO7/c1-17-12-20-13-19(10-11-22(20)38-17)27(32)25-26(21-14-23(35-2)29(37-4)24(15-21)36-3)31(30(34)28(25)33)16-18-8-6-5-7-9-18/h5-11,13-15,17,26,32H,12,16H2,1-4H3/t17-,26-/m1/s1. The molecule has 1 saturated heterocycles. The van der Waals surface area contributed by atoms with Crippen LogP contribution >= 0.6 is 0 Å². The van der Waals surface area contributed by atoms with Crippen molar-refractivity contribution < 1.29 is 33.6 Å². The molecule has 0 radical (unpaired) electrons. The van der Waals surface area contributed by atoms with Gasteiger partial charge in [0, 0.05) is 18.5 Å². The lowest BCUT2D eigenvalue weighted by atomic mass is 9.93. The number of hydrogen-bond acceptors (Lipinski definition) is 7. The Balaban J connectivity index is 1.69. The molecule has 0 aromatic heterocycles. The van der Waals surface area contributed by atoms with Gasteiger partial charge in [-0.15, -0.1) is 0 Å². The summed E-state index contributed by atoms with van der Waals surface area (Å²) in [5.41, 5.74) is 2.75. The molecular formula is C30H29NO7. The molecule has 8 nitrogen and oxygen atoms in total. The molecule has 5 rings (SSSR count). The van der Waals surface area contributed by atoms with E-state index in [0.29, 0.717) is 34.8 Å². The van der Waals surface area contributed by atoms with Crippen molar-refractivity contribution >= 4 is 17.4 Å². The maximum atomic E-state index is 13.5. The van der Waals surface area contributed by atoms with Crippen LogP contribution in [0.15, 0.2) is 66.2 Å². The van der Waals surface area contributed by atoms with E-state index in [1.807, 2.05) is 43.3 Å². The quantitative estimate of drug-likeness (QED) is 0.278. The number of aliphatic hydroxyl groups excluding tert-OH is 1. The van der Waals surface area contributed by atoms with E-state index in [2.05, 4.69) is 0 Å². The van der Waals surface area contributed by atoms with Crippen LogP contribution in [-0.4, -0.2) is 49.1 Å². The molecule has 38 heavy (non-hydrogen) atoms. The Morgan fingerprint density at radius 2 is 1.66 bits per heavy atom. The van der Waals surface area contributed by atoms with Gasteiger partial charge in [-0.3, -0.25) is 9.59 Å². The van der Waals surface area contributed by atoms with E-state index in [4.69, 9.17) is 18.9 Å². The zero-order chi connectivity index (χ0) is 27.0. The van der Waals surface area contributed by atoms with Crippen molar-refractivity contribution in [3.8, 4) is 23.0 Å². The van der Waals surface area contributed by atoms with E-state index in [-0.39, 0.29) is 24.0 Å². The summed E-state index contributed by atoms with van der Waals surface area (Å²) in [5.74, 6) is 0.160. The minimum absolute atomic E-state index is 0.00730. The number of ketones is 1. The largest absolute Gasteiger partial charge is 0.507 e. The number of likely N-dealkylation sites (tertiary alicyclic amines) is 1. The van der Waals surface area contributed by atoms with Crippen LogP contribution in [0.3, 0.4) is 0 Å². The molecule has 0 saturated carbocycles. The molecule has 1 N–H and O–H groups in total. The molecule has 0 bridgehead atoms. The summed E-state index contributed by atoms with van der Waals surface area (Å²) < 4.78 is 22.3. The summed E-state index contributed by atoms with van der Waals surface area (Å²) >= 11 is 0. The van der Waals surface area contributed by atoms with Gasteiger partial charge in [-0.05, 0) is 53.9 Å². The highest BCUT2D eigenvalue weighted by Gasteiger charge is 2.46. The first-order chi connectivity index (χ1) is 18.4. The first-order valence-corrected chi connectivity index (χ1v) is 12.3. The lowest BCUT2D eigenvalue weighted by molar-refractivity contribution is -0.140. The Morgan fingerprint density at radius 3 is 2.29 bits per heavy atom. The number of benzene rings is 3. The van der Waals surface area contributed by atoms with Crippen LogP contribution in [0.25, 0.3) is 5.76 Å². The van der Waals surface area contributed by atoms with Gasteiger partial charge in [0.15, 0.2) is 11.5 Å². The van der Waals surface area contributed by atoms with Crippen LogP contribution in [0.1, 0.15) is 35.2 Å². The van der Waals surface area contributed by atoms with Crippen LogP contribution in [0.4, 0.5) is 0 Å². The fourth-order valence-corrected chi connectivity index (χ4v) is 5.15. The number of methoxy groups -OCH3 is 3. The summed E-state index contributed by atoms with van der Waals surface area (Å²) in [4.78, 5) is 28.4. The van der Waals surface area contributed by atoms with Crippen molar-refractivity contribution in [3.05, 3.63) is 88.5 Å². The highest BCUT2D eigenvalue weighted by molar-refractivity contribution is 6.46. The van der Waals surface area contributed by atoms with Crippen molar-refractivity contribution in [1.29, 1.82) is 0 Å². The second-order valence-corrected chi connectivity index (χ2v) is 9.33. The summed E-state index contributed by atoms with van der Waals surface area (Å²) in [6.07, 6.45) is 0.716. The topological polar surface area (TPSA) is 94.5 Å². The molecule has 196 valence electrons. The van der Waals surface area contributed by atoms with Gasteiger partial charge in [0.1, 0.15) is 17.6 Å². The molecule has 1 fully saturated rings. The van der Waals surface area contributed by atoms with Crippen molar-refractivity contribution in [2.75, 3.05) is 21.3 Å². The minimum atomic E-state index is -0.896. The molecule has 0 aliphatic carbocycles. The van der Waals surface area contributed by atoms with Gasteiger partial charge in [-0.1, -0.05) is 30.3 Å². The number of ether oxygens (including phenoxy) is 4. The van der Waals surface area contributed by atoms with Crippen molar-refractivity contribution in [2.24, 2.45) is 0 Å². The van der Waals surface area contributed by atoms with Gasteiger partial charge in [-0.2, -0.15) is 0 Å². The molecule has 1 amide bonds. The molecule has 2 atom stereocenters. The first-order valence-electron chi connectivity index (χ1n) is 12.3. The second kappa shape index (κ2) is 10.1. The number of carbonyl (C=O) groups excluding carboxylic acids is 2. The first kappa shape index (κ1) is 25.2. The van der Waals surface area contributed by atoms with Crippen LogP contribution in [0.5, 0.6) is 23.0 Å². The van der Waals surface area contributed by atoms with Crippen LogP contribution < -0.4 is 18.9 Å². The average molecular weight is 516 g/mol. The van der Waals surface area contributed by atoms with Crippen LogP contribution in [-0.2, 0) is 22.6 Å². The lowest BCUT2D eigenvalue weighted by Gasteiger charge is -2.26. The predicted molar refractivity (Wildman–Crippen MR) is 141 cm³/mol. The maximum absolute atomic E-state index is 13.5. The number of Topliss-reactive ketones (excluding diaryl/α,β-unsaturated/α-hetero) is 1. The summed E-state index contributed by atoms with van der Waals surface area (Å²) in [6, 6.07) is 17.2. The maximum Gasteiger partial charge on any atom is 0.295 e. The molecule has 8 heteroatoms. The monoisotopic (exact) mass is 515 g/mol. The fourth-order valence-electron chi connectivity index (χ4n) is 5.15. The molecule has 0 unspecified atom stereocenters. The van der Waals surface area contributed by atoms with E-state index in [9.17, 15) is 14.7 Å². The Hall–Kier alpha value is -4.46. The molecule has 2 aliphatic heterocycles. The van der Waals surface area contributed by atoms with E-state index in [1.165, 1.54) is 26.2 Å². The third kappa shape index (κ3) is 4.32. The predicted octanol–water partition coefficient (Wildman–Crippen LogP) is 4.66. The van der Waals surface area contributed by atoms with Crippen LogP contribution in [0.2, 0.25) is 0 Å². The van der Waals surface area contributed by atoms with Gasteiger partial charge >= 0.3 is 0 Å². The highest BCUT2D eigenvalue weighted by Crippen LogP contribution is 2.46. The van der Waals surface area contributed by atoms with E-state index < -0.39 is 17.7 Å². The minimum Gasteiger partial charge on any atom is -0.507 e. The zero-order valence-electron chi connectivity index (χ0n) is 21.7. The Bertz CT molecular complexity index is 1400. The smallest absolute Gasteiger partial charge is 0.295 e. The number of amides is 1. The highest BCUT2D eigenvalue weighted by atomic mass is 16.5. The molecule has 2 aliphatic rings. The Morgan fingerprint density at radius 1 is 0.974 bits per heavy atom. The van der Waals surface area contributed by atoms with Gasteiger partial charge in [0.25, 0.3) is 11.7 Å². The molecular weight excluding hydrogens is 486 g/mol. The van der Waals surface area contributed by atoms with Crippen LogP contribution in [0, 0.1) is 0 Å². The third-order valence-electron chi connectivity index (χ3n) is 6.91. The average Bonchev–Trinajstić information content (AvgIpc) is 3.43. The zero-order valence-corrected chi connectivity index (χ0v) is 21.7. The summed E-state index contributed by atoms with van der Waals surface area (Å²) in [5, 5.41) is 11.5. The van der Waals surface area contributed by atoms with Crippen molar-refractivity contribution in [3.63, 3.8) is 0 Å². The van der Waals surface area contributed by atoms with Gasteiger partial charge in [0.05, 0.1) is 32.9 Å². The van der Waals surface area contributed by atoms with Gasteiger partial charge < -0.3 is 29.0 Å². The summed E-state index contributed by atoms with van der Waals surface area (Å²) in [6.45, 7) is 2.14. The van der Waals surface area contributed by atoms with Gasteiger partial charge in [-0.25, -0.2) is 0 Å². The lowest BCUT2D eigenvalue weighted by Crippen LogP contribution is -2.29. The number of carbonyl (C=O) groups is 2. The van der Waals surface area contributed by atoms with E-state index in [1.54, 1.807) is 24.3 Å². The van der Waals surface area contributed by atoms with Crippen molar-refractivity contribution in [2.45, 2.75) is 32.0 Å². The fraction of sp³-hybridized carbons (Fsp3) is 0.267. The molecule has 2 heterocycles. The second-order valence-electron chi connectivity index (χ2n) is 9.33. The Kier molecular flexibility index (Phi) is 6.72. The third-order valence-corrected chi connectivity index (χ3v) is 6.91. The van der Waals surface area contributed by atoms with E-state index in [0.717, 1.165) is 16.9 Å². The number of fused-ring (bicyclic) bond motifs is 1. The molecule has 3 aromatic rings. The van der Waals surface area contributed by atoms with E-state index >= 15 is 0 Å².